The van der Waals surface area contributed by atoms with Crippen LogP contribution < -0.4 is 5.32 Å². The van der Waals surface area contributed by atoms with E-state index in [0.717, 1.165) is 25.7 Å². The molecule has 4 nitrogen and oxygen atoms in total. The second-order valence-electron chi connectivity index (χ2n) is 4.95. The van der Waals surface area contributed by atoms with Gasteiger partial charge in [-0.05, 0) is 18.8 Å². The van der Waals surface area contributed by atoms with Gasteiger partial charge in [0, 0.05) is 25.4 Å². The van der Waals surface area contributed by atoms with Gasteiger partial charge in [0.15, 0.2) is 9.84 Å². The first kappa shape index (κ1) is 13.9. The molecule has 0 aromatic rings. The first-order chi connectivity index (χ1) is 7.45. The third-order valence-electron chi connectivity index (χ3n) is 3.29. The minimum absolute atomic E-state index is 0.0674. The zero-order chi connectivity index (χ0) is 12.2. The molecule has 0 aromatic carbocycles. The van der Waals surface area contributed by atoms with Gasteiger partial charge in [-0.25, -0.2) is 8.42 Å². The number of rotatable bonds is 5. The maximum absolute atomic E-state index is 11.6. The van der Waals surface area contributed by atoms with Gasteiger partial charge in [0.1, 0.15) is 0 Å². The first-order valence-corrected chi connectivity index (χ1v) is 7.93. The lowest BCUT2D eigenvalue weighted by molar-refractivity contribution is 0.225. The Balaban J connectivity index is 2.54. The zero-order valence-corrected chi connectivity index (χ0v) is 11.0. The van der Waals surface area contributed by atoms with Crippen LogP contribution in [0.2, 0.25) is 0 Å². The van der Waals surface area contributed by atoms with Gasteiger partial charge in [-0.15, -0.1) is 0 Å². The van der Waals surface area contributed by atoms with Gasteiger partial charge in [-0.2, -0.15) is 0 Å². The molecule has 2 N–H and O–H groups in total. The van der Waals surface area contributed by atoms with Crippen molar-refractivity contribution in [1.29, 1.82) is 0 Å². The number of sulfone groups is 1. The molecule has 0 saturated heterocycles. The van der Waals surface area contributed by atoms with Crippen molar-refractivity contribution in [2.24, 2.45) is 5.92 Å². The number of hydrogen-bond donors (Lipinski definition) is 2. The molecule has 0 radical (unpaired) electrons. The van der Waals surface area contributed by atoms with Crippen molar-refractivity contribution in [2.45, 2.75) is 43.9 Å². The average Bonchev–Trinajstić information content (AvgIpc) is 2.25. The Kier molecular flexibility index (Phi) is 5.21. The van der Waals surface area contributed by atoms with Crippen LogP contribution in [0.3, 0.4) is 0 Å². The van der Waals surface area contributed by atoms with E-state index in [0.29, 0.717) is 6.54 Å². The second-order valence-corrected chi connectivity index (χ2v) is 7.22. The van der Waals surface area contributed by atoms with Gasteiger partial charge < -0.3 is 10.4 Å². The molecule has 0 bridgehead atoms. The van der Waals surface area contributed by atoms with Gasteiger partial charge in [0.05, 0.1) is 5.25 Å². The summed E-state index contributed by atoms with van der Waals surface area (Å²) < 4.78 is 23.2. The fraction of sp³-hybridized carbons (Fsp3) is 1.00. The molecule has 3 atom stereocenters. The molecule has 0 spiro atoms. The maximum Gasteiger partial charge on any atom is 0.151 e. The van der Waals surface area contributed by atoms with Crippen LogP contribution in [-0.2, 0) is 9.84 Å². The smallest absolute Gasteiger partial charge is 0.151 e. The predicted octanol–water partition coefficient (Wildman–Crippen LogP) is 0.560. The molecule has 1 rings (SSSR count). The summed E-state index contributed by atoms with van der Waals surface area (Å²) in [6, 6.07) is 0.0674. The Hall–Kier alpha value is -0.130. The van der Waals surface area contributed by atoms with Gasteiger partial charge in [-0.1, -0.05) is 19.8 Å². The molecule has 5 heteroatoms. The highest BCUT2D eigenvalue weighted by atomic mass is 32.2. The van der Waals surface area contributed by atoms with Crippen molar-refractivity contribution >= 4 is 9.84 Å². The van der Waals surface area contributed by atoms with Gasteiger partial charge in [0.2, 0.25) is 0 Å². The van der Waals surface area contributed by atoms with Gasteiger partial charge in [0.25, 0.3) is 0 Å². The Morgan fingerprint density at radius 3 is 2.56 bits per heavy atom. The third kappa shape index (κ3) is 4.03. The summed E-state index contributed by atoms with van der Waals surface area (Å²) in [6.45, 7) is 2.78. The molecule has 1 saturated carbocycles. The van der Waals surface area contributed by atoms with Crippen LogP contribution in [0, 0.1) is 5.92 Å². The summed E-state index contributed by atoms with van der Waals surface area (Å²) >= 11 is 0. The van der Waals surface area contributed by atoms with Crippen LogP contribution in [0.15, 0.2) is 0 Å². The SMILES string of the molecule is CC(CO)CNC1CCCCC1S(C)(=O)=O. The fourth-order valence-electron chi connectivity index (χ4n) is 2.26. The van der Waals surface area contributed by atoms with Crippen molar-refractivity contribution in [3.8, 4) is 0 Å². The van der Waals surface area contributed by atoms with Crippen LogP contribution in [0.1, 0.15) is 32.6 Å². The van der Waals surface area contributed by atoms with E-state index in [9.17, 15) is 8.42 Å². The lowest BCUT2D eigenvalue weighted by Crippen LogP contribution is -2.47. The Morgan fingerprint density at radius 2 is 2.00 bits per heavy atom. The zero-order valence-electron chi connectivity index (χ0n) is 10.1. The van der Waals surface area contributed by atoms with Gasteiger partial charge >= 0.3 is 0 Å². The highest BCUT2D eigenvalue weighted by Gasteiger charge is 2.32. The molecular weight excluding hydrogens is 226 g/mol. The Morgan fingerprint density at radius 1 is 1.38 bits per heavy atom. The highest BCUT2D eigenvalue weighted by molar-refractivity contribution is 7.91. The number of aliphatic hydroxyl groups is 1. The van der Waals surface area contributed by atoms with Crippen LogP contribution >= 0.6 is 0 Å². The summed E-state index contributed by atoms with van der Waals surface area (Å²) in [5.74, 6) is 0.183. The molecule has 3 unspecified atom stereocenters. The van der Waals surface area contributed by atoms with Crippen molar-refractivity contribution < 1.29 is 13.5 Å². The van der Waals surface area contributed by atoms with Crippen LogP contribution in [-0.4, -0.2) is 44.2 Å². The van der Waals surface area contributed by atoms with Crippen molar-refractivity contribution in [1.82, 2.24) is 5.32 Å². The lowest BCUT2D eigenvalue weighted by Gasteiger charge is -2.31. The molecule has 1 aliphatic carbocycles. The molecule has 0 amide bonds. The van der Waals surface area contributed by atoms with E-state index in [-0.39, 0.29) is 23.8 Å². The summed E-state index contributed by atoms with van der Waals surface area (Å²) in [5.41, 5.74) is 0. The summed E-state index contributed by atoms with van der Waals surface area (Å²) in [7, 11) is -2.95. The van der Waals surface area contributed by atoms with Crippen molar-refractivity contribution in [2.75, 3.05) is 19.4 Å². The van der Waals surface area contributed by atoms with E-state index < -0.39 is 9.84 Å². The van der Waals surface area contributed by atoms with Crippen molar-refractivity contribution in [3.63, 3.8) is 0 Å². The highest BCUT2D eigenvalue weighted by Crippen LogP contribution is 2.24. The third-order valence-corrected chi connectivity index (χ3v) is 4.96. The molecule has 0 aromatic heterocycles. The maximum atomic E-state index is 11.6. The molecule has 16 heavy (non-hydrogen) atoms. The van der Waals surface area contributed by atoms with Gasteiger partial charge in [-0.3, -0.25) is 0 Å². The quantitative estimate of drug-likeness (QED) is 0.747. The monoisotopic (exact) mass is 249 g/mol. The standard InChI is InChI=1S/C11H23NO3S/c1-9(8-13)7-12-10-5-3-4-6-11(10)16(2,14)15/h9-13H,3-8H2,1-2H3. The second kappa shape index (κ2) is 5.98. The normalized spacial score (nSPS) is 28.9. The minimum atomic E-state index is -2.95. The number of nitrogens with one attached hydrogen (secondary N) is 1. The fourth-order valence-corrected chi connectivity index (χ4v) is 3.68. The molecular formula is C11H23NO3S. The molecule has 0 heterocycles. The summed E-state index contributed by atoms with van der Waals surface area (Å²) in [4.78, 5) is 0. The lowest BCUT2D eigenvalue weighted by atomic mass is 9.94. The van der Waals surface area contributed by atoms with Crippen LogP contribution in [0.25, 0.3) is 0 Å². The largest absolute Gasteiger partial charge is 0.396 e. The first-order valence-electron chi connectivity index (χ1n) is 5.98. The van der Waals surface area contributed by atoms with E-state index in [1.807, 2.05) is 6.92 Å². The summed E-state index contributed by atoms with van der Waals surface area (Å²) in [6.07, 6.45) is 5.12. The Labute approximate surface area is 98.4 Å². The van der Waals surface area contributed by atoms with E-state index >= 15 is 0 Å². The number of hydrogen-bond acceptors (Lipinski definition) is 4. The summed E-state index contributed by atoms with van der Waals surface area (Å²) in [5, 5.41) is 12.0. The van der Waals surface area contributed by atoms with E-state index in [1.54, 1.807) is 0 Å². The Bertz CT molecular complexity index is 302. The van der Waals surface area contributed by atoms with Crippen LogP contribution in [0.4, 0.5) is 0 Å². The molecule has 1 aliphatic rings. The molecule has 96 valence electrons. The van der Waals surface area contributed by atoms with E-state index in [1.165, 1.54) is 6.26 Å². The van der Waals surface area contributed by atoms with Crippen molar-refractivity contribution in [3.05, 3.63) is 0 Å². The molecule has 1 fully saturated rings. The topological polar surface area (TPSA) is 66.4 Å². The minimum Gasteiger partial charge on any atom is -0.396 e. The number of aliphatic hydroxyl groups excluding tert-OH is 1. The van der Waals surface area contributed by atoms with Crippen LogP contribution in [0.5, 0.6) is 0 Å². The van der Waals surface area contributed by atoms with E-state index in [4.69, 9.17) is 5.11 Å². The molecule has 0 aliphatic heterocycles. The van der Waals surface area contributed by atoms with E-state index in [2.05, 4.69) is 5.32 Å². The average molecular weight is 249 g/mol. The predicted molar refractivity (Wildman–Crippen MR) is 65.1 cm³/mol.